The SMILES string of the molecule is CN(Cc1ccc(Br)c(N)c1)CC1CCC1. The van der Waals surface area contributed by atoms with Gasteiger partial charge in [-0.15, -0.1) is 0 Å². The lowest BCUT2D eigenvalue weighted by Crippen LogP contribution is -2.29. The average Bonchev–Trinajstić information content (AvgIpc) is 2.18. The summed E-state index contributed by atoms with van der Waals surface area (Å²) in [5.74, 6) is 0.929. The molecule has 1 aliphatic rings. The fraction of sp³-hybridized carbons (Fsp3) is 0.538. The van der Waals surface area contributed by atoms with Crippen LogP contribution in [0.1, 0.15) is 24.8 Å². The van der Waals surface area contributed by atoms with Crippen molar-refractivity contribution in [2.24, 2.45) is 5.92 Å². The molecule has 1 fully saturated rings. The van der Waals surface area contributed by atoms with E-state index in [4.69, 9.17) is 5.73 Å². The first kappa shape index (κ1) is 11.9. The molecule has 1 saturated carbocycles. The Kier molecular flexibility index (Phi) is 3.87. The van der Waals surface area contributed by atoms with Gasteiger partial charge in [0.2, 0.25) is 0 Å². The van der Waals surface area contributed by atoms with E-state index in [9.17, 15) is 0 Å². The standard InChI is InChI=1S/C13H19BrN2/c1-16(8-10-3-2-4-10)9-11-5-6-12(14)13(15)7-11/h5-7,10H,2-4,8-9,15H2,1H3. The summed E-state index contributed by atoms with van der Waals surface area (Å²) in [6, 6.07) is 6.22. The maximum absolute atomic E-state index is 5.87. The van der Waals surface area contributed by atoms with E-state index in [1.807, 2.05) is 6.07 Å². The number of nitrogens with two attached hydrogens (primary N) is 1. The molecule has 16 heavy (non-hydrogen) atoms. The van der Waals surface area contributed by atoms with E-state index in [1.54, 1.807) is 0 Å². The minimum absolute atomic E-state index is 0.828. The number of hydrogen-bond acceptors (Lipinski definition) is 2. The molecule has 2 nitrogen and oxygen atoms in total. The van der Waals surface area contributed by atoms with Gasteiger partial charge in [-0.05, 0) is 59.4 Å². The van der Waals surface area contributed by atoms with Crippen molar-refractivity contribution in [2.45, 2.75) is 25.8 Å². The fourth-order valence-corrected chi connectivity index (χ4v) is 2.43. The van der Waals surface area contributed by atoms with Gasteiger partial charge in [-0.2, -0.15) is 0 Å². The number of hydrogen-bond donors (Lipinski definition) is 1. The largest absolute Gasteiger partial charge is 0.398 e. The first-order valence-electron chi connectivity index (χ1n) is 5.87. The summed E-state index contributed by atoms with van der Waals surface area (Å²) in [6.07, 6.45) is 4.24. The van der Waals surface area contributed by atoms with Crippen LogP contribution in [0.15, 0.2) is 22.7 Å². The fourth-order valence-electron chi connectivity index (χ4n) is 2.18. The summed E-state index contributed by atoms with van der Waals surface area (Å²) >= 11 is 3.42. The topological polar surface area (TPSA) is 29.3 Å². The first-order valence-corrected chi connectivity index (χ1v) is 6.67. The summed E-state index contributed by atoms with van der Waals surface area (Å²) in [4.78, 5) is 2.40. The highest BCUT2D eigenvalue weighted by Crippen LogP contribution is 2.27. The third kappa shape index (κ3) is 2.98. The molecule has 1 aromatic rings. The molecule has 2 rings (SSSR count). The van der Waals surface area contributed by atoms with E-state index in [0.29, 0.717) is 0 Å². The predicted octanol–water partition coefficient (Wildman–Crippen LogP) is 3.26. The summed E-state index contributed by atoms with van der Waals surface area (Å²) in [5.41, 5.74) is 7.99. The smallest absolute Gasteiger partial charge is 0.0461 e. The van der Waals surface area contributed by atoms with Crippen molar-refractivity contribution < 1.29 is 0 Å². The van der Waals surface area contributed by atoms with Crippen LogP contribution in [-0.2, 0) is 6.54 Å². The van der Waals surface area contributed by atoms with Crippen LogP contribution in [0.5, 0.6) is 0 Å². The van der Waals surface area contributed by atoms with Crippen LogP contribution in [-0.4, -0.2) is 18.5 Å². The lowest BCUT2D eigenvalue weighted by Gasteiger charge is -2.30. The van der Waals surface area contributed by atoms with Gasteiger partial charge in [0.15, 0.2) is 0 Å². The summed E-state index contributed by atoms with van der Waals surface area (Å²) in [5, 5.41) is 0. The van der Waals surface area contributed by atoms with E-state index in [2.05, 4.69) is 40.0 Å². The molecule has 0 amide bonds. The van der Waals surface area contributed by atoms with E-state index in [1.165, 1.54) is 31.4 Å². The zero-order valence-electron chi connectivity index (χ0n) is 9.75. The second-order valence-corrected chi connectivity index (χ2v) is 5.70. The van der Waals surface area contributed by atoms with Crippen molar-refractivity contribution in [3.05, 3.63) is 28.2 Å². The lowest BCUT2D eigenvalue weighted by molar-refractivity contribution is 0.200. The Morgan fingerprint density at radius 2 is 2.19 bits per heavy atom. The normalized spacial score (nSPS) is 16.4. The Labute approximate surface area is 106 Å². The molecule has 0 saturated heterocycles. The quantitative estimate of drug-likeness (QED) is 0.859. The maximum Gasteiger partial charge on any atom is 0.0461 e. The Morgan fingerprint density at radius 1 is 1.44 bits per heavy atom. The van der Waals surface area contributed by atoms with Crippen molar-refractivity contribution in [3.63, 3.8) is 0 Å². The minimum atomic E-state index is 0.828. The van der Waals surface area contributed by atoms with Crippen LogP contribution in [0.2, 0.25) is 0 Å². The second-order valence-electron chi connectivity index (χ2n) is 4.85. The molecule has 0 aliphatic heterocycles. The third-order valence-electron chi connectivity index (χ3n) is 3.31. The number of halogens is 1. The molecule has 1 aromatic carbocycles. The van der Waals surface area contributed by atoms with E-state index in [0.717, 1.165) is 22.6 Å². The molecule has 1 aliphatic carbocycles. The van der Waals surface area contributed by atoms with Gasteiger partial charge in [0, 0.05) is 23.2 Å². The van der Waals surface area contributed by atoms with Crippen LogP contribution < -0.4 is 5.73 Å². The molecular formula is C13H19BrN2. The molecule has 0 atom stereocenters. The monoisotopic (exact) mass is 282 g/mol. The number of anilines is 1. The maximum atomic E-state index is 5.87. The van der Waals surface area contributed by atoms with Crippen LogP contribution in [0, 0.1) is 5.92 Å². The van der Waals surface area contributed by atoms with Crippen molar-refractivity contribution in [1.82, 2.24) is 4.90 Å². The molecule has 88 valence electrons. The van der Waals surface area contributed by atoms with Crippen molar-refractivity contribution in [2.75, 3.05) is 19.3 Å². The number of benzene rings is 1. The van der Waals surface area contributed by atoms with Crippen LogP contribution in [0.25, 0.3) is 0 Å². The van der Waals surface area contributed by atoms with Gasteiger partial charge >= 0.3 is 0 Å². The lowest BCUT2D eigenvalue weighted by atomic mass is 9.85. The Hall–Kier alpha value is -0.540. The van der Waals surface area contributed by atoms with E-state index >= 15 is 0 Å². The number of nitrogens with zero attached hydrogens (tertiary/aromatic N) is 1. The summed E-state index contributed by atoms with van der Waals surface area (Å²) in [7, 11) is 2.19. The molecule has 3 heteroatoms. The molecular weight excluding hydrogens is 264 g/mol. The van der Waals surface area contributed by atoms with Gasteiger partial charge in [-0.1, -0.05) is 12.5 Å². The van der Waals surface area contributed by atoms with Gasteiger partial charge in [0.1, 0.15) is 0 Å². The zero-order valence-corrected chi connectivity index (χ0v) is 11.3. The van der Waals surface area contributed by atoms with E-state index < -0.39 is 0 Å². The van der Waals surface area contributed by atoms with Gasteiger partial charge in [-0.25, -0.2) is 0 Å². The molecule has 0 unspecified atom stereocenters. The van der Waals surface area contributed by atoms with Crippen LogP contribution in [0.3, 0.4) is 0 Å². The summed E-state index contributed by atoms with van der Waals surface area (Å²) < 4.78 is 0.984. The molecule has 0 heterocycles. The highest BCUT2D eigenvalue weighted by atomic mass is 79.9. The first-order chi connectivity index (χ1) is 7.65. The van der Waals surface area contributed by atoms with Gasteiger partial charge in [0.05, 0.1) is 0 Å². The van der Waals surface area contributed by atoms with Crippen LogP contribution in [0.4, 0.5) is 5.69 Å². The molecule has 0 bridgehead atoms. The van der Waals surface area contributed by atoms with Gasteiger partial charge in [0.25, 0.3) is 0 Å². The molecule has 0 spiro atoms. The average molecular weight is 283 g/mol. The van der Waals surface area contributed by atoms with Crippen LogP contribution >= 0.6 is 15.9 Å². The Morgan fingerprint density at radius 3 is 2.75 bits per heavy atom. The number of nitrogen functional groups attached to an aromatic ring is 1. The minimum Gasteiger partial charge on any atom is -0.398 e. The molecule has 0 aromatic heterocycles. The molecule has 2 N–H and O–H groups in total. The zero-order chi connectivity index (χ0) is 11.5. The second kappa shape index (κ2) is 5.19. The molecule has 0 radical (unpaired) electrons. The highest BCUT2D eigenvalue weighted by Gasteiger charge is 2.18. The van der Waals surface area contributed by atoms with Crippen molar-refractivity contribution in [1.29, 1.82) is 0 Å². The predicted molar refractivity (Wildman–Crippen MR) is 72.2 cm³/mol. The Balaban J connectivity index is 1.89. The van der Waals surface area contributed by atoms with Gasteiger partial charge < -0.3 is 10.6 Å². The number of rotatable bonds is 4. The third-order valence-corrected chi connectivity index (χ3v) is 4.03. The summed E-state index contributed by atoms with van der Waals surface area (Å²) in [6.45, 7) is 2.21. The Bertz CT molecular complexity index is 361. The van der Waals surface area contributed by atoms with E-state index in [-0.39, 0.29) is 0 Å². The van der Waals surface area contributed by atoms with Gasteiger partial charge in [-0.3, -0.25) is 0 Å². The van der Waals surface area contributed by atoms with Crippen molar-refractivity contribution >= 4 is 21.6 Å². The van der Waals surface area contributed by atoms with Crippen molar-refractivity contribution in [3.8, 4) is 0 Å². The highest BCUT2D eigenvalue weighted by molar-refractivity contribution is 9.10.